The Balaban J connectivity index is 3.44. The Morgan fingerprint density at radius 2 is 1.36 bits per heavy atom. The summed E-state index contributed by atoms with van der Waals surface area (Å²) >= 11 is 0. The van der Waals surface area contributed by atoms with Crippen LogP contribution in [0.25, 0.3) is 0 Å². The SMILES string of the molecule is CC(C)(C)CSSC(C)(C)C. The van der Waals surface area contributed by atoms with Crippen molar-refractivity contribution in [1.29, 1.82) is 0 Å². The molecule has 68 valence electrons. The zero-order valence-electron chi connectivity index (χ0n) is 8.52. The summed E-state index contributed by atoms with van der Waals surface area (Å²) in [6.45, 7) is 13.6. The Labute approximate surface area is 79.3 Å². The third-order valence-electron chi connectivity index (χ3n) is 0.801. The molecule has 0 rings (SSSR count). The molecule has 0 aromatic heterocycles. The van der Waals surface area contributed by atoms with E-state index in [9.17, 15) is 0 Å². The fourth-order valence-electron chi connectivity index (χ4n) is 0.383. The maximum Gasteiger partial charge on any atom is 0.0179 e. The maximum absolute atomic E-state index is 2.28. The van der Waals surface area contributed by atoms with Crippen molar-refractivity contribution in [3.05, 3.63) is 0 Å². The highest BCUT2D eigenvalue weighted by Gasteiger charge is 2.15. The summed E-state index contributed by atoms with van der Waals surface area (Å²) in [5, 5.41) is 0. The van der Waals surface area contributed by atoms with Crippen molar-refractivity contribution in [1.82, 2.24) is 0 Å². The molecule has 0 amide bonds. The molecule has 0 N–H and O–H groups in total. The number of hydrogen-bond acceptors (Lipinski definition) is 2. The molecule has 0 saturated heterocycles. The predicted molar refractivity (Wildman–Crippen MR) is 59.3 cm³/mol. The minimum Gasteiger partial charge on any atom is -0.0931 e. The summed E-state index contributed by atoms with van der Waals surface area (Å²) in [5.41, 5.74) is 0.461. The molecular formula is C9H20S2. The quantitative estimate of drug-likeness (QED) is 0.601. The molecule has 0 bridgehead atoms. The second kappa shape index (κ2) is 4.08. The van der Waals surface area contributed by atoms with Crippen LogP contribution in [0.4, 0.5) is 0 Å². The van der Waals surface area contributed by atoms with Gasteiger partial charge in [-0.2, -0.15) is 0 Å². The van der Waals surface area contributed by atoms with Crippen LogP contribution < -0.4 is 0 Å². The summed E-state index contributed by atoms with van der Waals surface area (Å²) in [6.07, 6.45) is 0. The molecule has 2 heteroatoms. The van der Waals surface area contributed by atoms with Gasteiger partial charge >= 0.3 is 0 Å². The normalized spacial score (nSPS) is 13.6. The Morgan fingerprint density at radius 3 is 1.64 bits per heavy atom. The van der Waals surface area contributed by atoms with E-state index in [0.717, 1.165) is 0 Å². The Morgan fingerprint density at radius 1 is 0.909 bits per heavy atom. The first kappa shape index (κ1) is 11.7. The number of rotatable bonds is 2. The molecule has 0 saturated carbocycles. The lowest BCUT2D eigenvalue weighted by atomic mass is 10.0. The summed E-state index contributed by atoms with van der Waals surface area (Å²) in [6, 6.07) is 0. The minimum atomic E-state index is 0.399. The minimum absolute atomic E-state index is 0.399. The van der Waals surface area contributed by atoms with Gasteiger partial charge in [0.15, 0.2) is 0 Å². The van der Waals surface area contributed by atoms with Crippen molar-refractivity contribution in [3.8, 4) is 0 Å². The molecule has 0 aromatic carbocycles. The highest BCUT2D eigenvalue weighted by molar-refractivity contribution is 8.77. The van der Waals surface area contributed by atoms with Crippen molar-refractivity contribution in [2.45, 2.75) is 46.3 Å². The zero-order chi connectivity index (χ0) is 9.12. The molecule has 0 atom stereocenters. The van der Waals surface area contributed by atoms with E-state index in [1.165, 1.54) is 5.75 Å². The Kier molecular flexibility index (Phi) is 4.34. The smallest absolute Gasteiger partial charge is 0.0179 e. The van der Waals surface area contributed by atoms with Crippen LogP contribution in [0.5, 0.6) is 0 Å². The monoisotopic (exact) mass is 192 g/mol. The third kappa shape index (κ3) is 10.7. The molecule has 0 heterocycles. The van der Waals surface area contributed by atoms with Crippen LogP contribution in [0.1, 0.15) is 41.5 Å². The van der Waals surface area contributed by atoms with Crippen LogP contribution in [0.3, 0.4) is 0 Å². The first-order valence-corrected chi connectivity index (χ1v) is 6.33. The summed E-state index contributed by atoms with van der Waals surface area (Å²) in [7, 11) is 3.96. The van der Waals surface area contributed by atoms with Gasteiger partial charge in [-0.3, -0.25) is 0 Å². The van der Waals surface area contributed by atoms with Crippen LogP contribution in [0.15, 0.2) is 0 Å². The van der Waals surface area contributed by atoms with Crippen molar-refractivity contribution in [2.24, 2.45) is 5.41 Å². The van der Waals surface area contributed by atoms with Crippen molar-refractivity contribution >= 4 is 21.6 Å². The van der Waals surface area contributed by atoms with E-state index in [4.69, 9.17) is 0 Å². The van der Waals surface area contributed by atoms with Crippen molar-refractivity contribution in [2.75, 3.05) is 5.75 Å². The molecule has 0 fully saturated rings. The van der Waals surface area contributed by atoms with E-state index in [1.807, 2.05) is 21.6 Å². The first-order chi connectivity index (χ1) is 4.71. The van der Waals surface area contributed by atoms with E-state index in [2.05, 4.69) is 41.5 Å². The second-order valence-electron chi connectivity index (χ2n) is 5.02. The molecule has 0 radical (unpaired) electrons. The molecule has 0 aliphatic rings. The van der Waals surface area contributed by atoms with Gasteiger partial charge in [0.05, 0.1) is 0 Å². The average molecular weight is 192 g/mol. The molecule has 0 aromatic rings. The van der Waals surface area contributed by atoms with Gasteiger partial charge in [0.2, 0.25) is 0 Å². The number of hydrogen-bond donors (Lipinski definition) is 0. The van der Waals surface area contributed by atoms with E-state index in [1.54, 1.807) is 0 Å². The molecule has 0 aliphatic heterocycles. The summed E-state index contributed by atoms with van der Waals surface area (Å²) in [5.74, 6) is 1.23. The van der Waals surface area contributed by atoms with E-state index in [-0.39, 0.29) is 0 Å². The molecular weight excluding hydrogens is 172 g/mol. The lowest BCUT2D eigenvalue weighted by molar-refractivity contribution is 0.482. The first-order valence-electron chi connectivity index (χ1n) is 4.01. The molecule has 0 unspecified atom stereocenters. The molecule has 0 aliphatic carbocycles. The third-order valence-corrected chi connectivity index (χ3v) is 4.61. The largest absolute Gasteiger partial charge is 0.0931 e. The van der Waals surface area contributed by atoms with Crippen molar-refractivity contribution < 1.29 is 0 Å². The highest BCUT2D eigenvalue weighted by Crippen LogP contribution is 2.38. The van der Waals surface area contributed by atoms with E-state index >= 15 is 0 Å². The molecule has 11 heavy (non-hydrogen) atoms. The van der Waals surface area contributed by atoms with Gasteiger partial charge in [-0.05, 0) is 5.41 Å². The van der Waals surface area contributed by atoms with Crippen LogP contribution >= 0.6 is 21.6 Å². The highest BCUT2D eigenvalue weighted by atomic mass is 33.1. The van der Waals surface area contributed by atoms with Gasteiger partial charge in [0, 0.05) is 10.5 Å². The van der Waals surface area contributed by atoms with Crippen molar-refractivity contribution in [3.63, 3.8) is 0 Å². The molecule has 0 nitrogen and oxygen atoms in total. The fourth-order valence-corrected chi connectivity index (χ4v) is 3.45. The van der Waals surface area contributed by atoms with Gasteiger partial charge in [-0.25, -0.2) is 0 Å². The van der Waals surface area contributed by atoms with Gasteiger partial charge in [-0.1, -0.05) is 63.1 Å². The van der Waals surface area contributed by atoms with Crippen LogP contribution in [-0.4, -0.2) is 10.5 Å². The average Bonchev–Trinajstić information content (AvgIpc) is 1.55. The predicted octanol–water partition coefficient (Wildman–Crippen LogP) is 4.21. The Bertz CT molecular complexity index is 91.7. The van der Waals surface area contributed by atoms with Crippen LogP contribution in [0, 0.1) is 5.41 Å². The van der Waals surface area contributed by atoms with Crippen LogP contribution in [-0.2, 0) is 0 Å². The summed E-state index contributed by atoms with van der Waals surface area (Å²) in [4.78, 5) is 0. The van der Waals surface area contributed by atoms with Gasteiger partial charge in [0.25, 0.3) is 0 Å². The second-order valence-corrected chi connectivity index (χ2v) is 8.14. The van der Waals surface area contributed by atoms with Crippen LogP contribution in [0.2, 0.25) is 0 Å². The standard InChI is InChI=1S/C9H20S2/c1-8(2,3)7-10-11-9(4,5)6/h7H2,1-6H3. The maximum atomic E-state index is 2.28. The Hall–Kier alpha value is 0.700. The van der Waals surface area contributed by atoms with E-state index < -0.39 is 0 Å². The van der Waals surface area contributed by atoms with Gasteiger partial charge < -0.3 is 0 Å². The topological polar surface area (TPSA) is 0 Å². The fraction of sp³-hybridized carbons (Fsp3) is 1.00. The lowest BCUT2D eigenvalue weighted by Gasteiger charge is -2.21. The van der Waals surface area contributed by atoms with E-state index in [0.29, 0.717) is 10.2 Å². The lowest BCUT2D eigenvalue weighted by Crippen LogP contribution is -2.10. The van der Waals surface area contributed by atoms with Gasteiger partial charge in [0.1, 0.15) is 0 Å². The zero-order valence-corrected chi connectivity index (χ0v) is 10.2. The van der Waals surface area contributed by atoms with Gasteiger partial charge in [-0.15, -0.1) is 0 Å². The summed E-state index contributed by atoms with van der Waals surface area (Å²) < 4.78 is 0.399. The molecule has 0 spiro atoms.